The maximum absolute atomic E-state index is 12.4. The Balaban J connectivity index is 2.16. The summed E-state index contributed by atoms with van der Waals surface area (Å²) in [4.78, 5) is 21.3. The average Bonchev–Trinajstić information content (AvgIpc) is 2.64. The fourth-order valence-electron chi connectivity index (χ4n) is 3.42. The monoisotopic (exact) mass is 461 g/mol. The molecule has 1 aromatic carbocycles. The van der Waals surface area contributed by atoms with Crippen LogP contribution in [0.3, 0.4) is 0 Å². The molecule has 176 valence electrons. The quantitative estimate of drug-likeness (QED) is 0.477. The predicted octanol–water partition coefficient (Wildman–Crippen LogP) is 6.63. The van der Waals surface area contributed by atoms with E-state index in [4.69, 9.17) is 21.1 Å². The molecule has 0 aliphatic heterocycles. The number of carbonyl (C=O) groups is 1. The molecular formula is C25H36ClN3O3. The summed E-state index contributed by atoms with van der Waals surface area (Å²) in [5, 5.41) is 3.46. The van der Waals surface area contributed by atoms with Gasteiger partial charge in [0.25, 0.3) is 0 Å². The lowest BCUT2D eigenvalue weighted by Gasteiger charge is -2.33. The smallest absolute Gasteiger partial charge is 0.408 e. The standard InChI is InChI=1S/C25H36ClN3O3/c1-16(2)14-25(8,29-23(30)32-24(5,6)7)15-31-21-10-9-18(13-19(21)26)20-11-12-27-22(28-20)17(3)4/h9-13,16-17H,14-15H2,1-8H3,(H,29,30)/t25-/m0/s1. The second kappa shape index (κ2) is 10.5. The zero-order valence-corrected chi connectivity index (χ0v) is 21.2. The molecular weight excluding hydrogens is 426 g/mol. The molecule has 0 saturated heterocycles. The predicted molar refractivity (Wildman–Crippen MR) is 129 cm³/mol. The minimum absolute atomic E-state index is 0.240. The molecule has 0 radical (unpaired) electrons. The van der Waals surface area contributed by atoms with Gasteiger partial charge in [-0.15, -0.1) is 0 Å². The average molecular weight is 462 g/mol. The van der Waals surface area contributed by atoms with Crippen molar-refractivity contribution in [3.05, 3.63) is 41.3 Å². The maximum atomic E-state index is 12.4. The van der Waals surface area contributed by atoms with Gasteiger partial charge < -0.3 is 14.8 Å². The van der Waals surface area contributed by atoms with Crippen LogP contribution in [0.4, 0.5) is 4.79 Å². The first kappa shape index (κ1) is 25.9. The largest absolute Gasteiger partial charge is 0.490 e. The van der Waals surface area contributed by atoms with E-state index in [0.29, 0.717) is 16.7 Å². The van der Waals surface area contributed by atoms with Crippen molar-refractivity contribution in [1.82, 2.24) is 15.3 Å². The summed E-state index contributed by atoms with van der Waals surface area (Å²) in [6, 6.07) is 7.46. The highest BCUT2D eigenvalue weighted by molar-refractivity contribution is 6.32. The number of benzene rings is 1. The van der Waals surface area contributed by atoms with Crippen LogP contribution in [0.5, 0.6) is 5.75 Å². The Morgan fingerprint density at radius 3 is 2.38 bits per heavy atom. The SMILES string of the molecule is CC(C)C[C@@](C)(COc1ccc(-c2ccnc(C(C)C)n2)cc1Cl)NC(=O)OC(C)(C)C. The number of ether oxygens (including phenoxy) is 2. The number of nitrogens with zero attached hydrogens (tertiary/aromatic N) is 2. The summed E-state index contributed by atoms with van der Waals surface area (Å²) < 4.78 is 11.5. The van der Waals surface area contributed by atoms with Crippen LogP contribution in [0, 0.1) is 5.92 Å². The molecule has 1 heterocycles. The van der Waals surface area contributed by atoms with E-state index in [-0.39, 0.29) is 12.5 Å². The van der Waals surface area contributed by atoms with Crippen molar-refractivity contribution in [2.75, 3.05) is 6.61 Å². The number of hydrogen-bond donors (Lipinski definition) is 1. The number of rotatable bonds is 8. The molecule has 0 aliphatic carbocycles. The molecule has 0 aliphatic rings. The lowest BCUT2D eigenvalue weighted by molar-refractivity contribution is 0.0408. The van der Waals surface area contributed by atoms with E-state index in [1.807, 2.05) is 52.0 Å². The van der Waals surface area contributed by atoms with Crippen molar-refractivity contribution >= 4 is 17.7 Å². The maximum Gasteiger partial charge on any atom is 0.408 e. The van der Waals surface area contributed by atoms with Gasteiger partial charge in [0.1, 0.15) is 23.8 Å². The van der Waals surface area contributed by atoms with Crippen LogP contribution in [-0.2, 0) is 4.74 Å². The molecule has 1 N–H and O–H groups in total. The Bertz CT molecular complexity index is 925. The van der Waals surface area contributed by atoms with Crippen LogP contribution in [-0.4, -0.2) is 33.8 Å². The van der Waals surface area contributed by atoms with E-state index >= 15 is 0 Å². The van der Waals surface area contributed by atoms with Gasteiger partial charge in [0.05, 0.1) is 16.3 Å². The third kappa shape index (κ3) is 7.97. The Labute approximate surface area is 197 Å². The van der Waals surface area contributed by atoms with Crippen LogP contribution in [0.2, 0.25) is 5.02 Å². The molecule has 6 nitrogen and oxygen atoms in total. The third-order valence-corrected chi connectivity index (χ3v) is 4.92. The minimum Gasteiger partial charge on any atom is -0.490 e. The van der Waals surface area contributed by atoms with Gasteiger partial charge in [-0.3, -0.25) is 0 Å². The first-order valence-corrected chi connectivity index (χ1v) is 11.4. The Hall–Kier alpha value is -2.34. The van der Waals surface area contributed by atoms with Crippen molar-refractivity contribution < 1.29 is 14.3 Å². The van der Waals surface area contributed by atoms with Crippen LogP contribution in [0.15, 0.2) is 30.5 Å². The Morgan fingerprint density at radius 2 is 1.81 bits per heavy atom. The van der Waals surface area contributed by atoms with Crippen LogP contribution < -0.4 is 10.1 Å². The van der Waals surface area contributed by atoms with Gasteiger partial charge in [-0.2, -0.15) is 0 Å². The van der Waals surface area contributed by atoms with E-state index in [2.05, 4.69) is 43.0 Å². The molecule has 0 unspecified atom stereocenters. The Kier molecular flexibility index (Phi) is 8.52. The fraction of sp³-hybridized carbons (Fsp3) is 0.560. The summed E-state index contributed by atoms with van der Waals surface area (Å²) >= 11 is 6.53. The first-order valence-electron chi connectivity index (χ1n) is 11.0. The number of nitrogens with one attached hydrogen (secondary N) is 1. The fourth-order valence-corrected chi connectivity index (χ4v) is 3.66. The zero-order valence-electron chi connectivity index (χ0n) is 20.5. The molecule has 1 aromatic heterocycles. The normalized spacial score (nSPS) is 13.7. The summed E-state index contributed by atoms with van der Waals surface area (Å²) in [6.45, 7) is 16.0. The van der Waals surface area contributed by atoms with E-state index in [0.717, 1.165) is 23.5 Å². The number of aromatic nitrogens is 2. The summed E-state index contributed by atoms with van der Waals surface area (Å²) in [7, 11) is 0. The Morgan fingerprint density at radius 1 is 1.12 bits per heavy atom. The van der Waals surface area contributed by atoms with Crippen molar-refractivity contribution in [2.45, 2.75) is 78.9 Å². The lowest BCUT2D eigenvalue weighted by atomic mass is 9.91. The van der Waals surface area contributed by atoms with Crippen molar-refractivity contribution in [2.24, 2.45) is 5.92 Å². The molecule has 2 aromatic rings. The van der Waals surface area contributed by atoms with Crippen LogP contribution >= 0.6 is 11.6 Å². The number of halogens is 1. The zero-order chi connectivity index (χ0) is 24.1. The van der Waals surface area contributed by atoms with Gasteiger partial charge >= 0.3 is 6.09 Å². The van der Waals surface area contributed by atoms with Crippen LogP contribution in [0.25, 0.3) is 11.3 Å². The number of amides is 1. The van der Waals surface area contributed by atoms with Gasteiger partial charge in [0, 0.05) is 17.7 Å². The second-order valence-corrected chi connectivity index (χ2v) is 10.6. The van der Waals surface area contributed by atoms with Crippen LogP contribution in [0.1, 0.15) is 73.6 Å². The highest BCUT2D eigenvalue weighted by Crippen LogP contribution is 2.31. The van der Waals surface area contributed by atoms with Gasteiger partial charge in [-0.05, 0) is 64.3 Å². The minimum atomic E-state index is -0.614. The first-order chi connectivity index (χ1) is 14.8. The van der Waals surface area contributed by atoms with Gasteiger partial charge in [0.15, 0.2) is 0 Å². The van der Waals surface area contributed by atoms with E-state index in [1.165, 1.54) is 0 Å². The lowest BCUT2D eigenvalue weighted by Crippen LogP contribution is -2.52. The molecule has 1 atom stereocenters. The molecule has 0 spiro atoms. The summed E-state index contributed by atoms with van der Waals surface area (Å²) in [5.74, 6) is 1.93. The number of hydrogen-bond acceptors (Lipinski definition) is 5. The summed E-state index contributed by atoms with van der Waals surface area (Å²) in [6.07, 6.45) is 2.02. The molecule has 7 heteroatoms. The van der Waals surface area contributed by atoms with E-state index in [9.17, 15) is 4.79 Å². The molecule has 32 heavy (non-hydrogen) atoms. The van der Waals surface area contributed by atoms with E-state index in [1.54, 1.807) is 6.20 Å². The molecule has 1 amide bonds. The molecule has 2 rings (SSSR count). The number of carbonyl (C=O) groups excluding carboxylic acids is 1. The molecule has 0 saturated carbocycles. The van der Waals surface area contributed by atoms with Crippen molar-refractivity contribution in [1.29, 1.82) is 0 Å². The van der Waals surface area contributed by atoms with Crippen molar-refractivity contribution in [3.63, 3.8) is 0 Å². The van der Waals surface area contributed by atoms with E-state index < -0.39 is 17.2 Å². The highest BCUT2D eigenvalue weighted by Gasteiger charge is 2.31. The topological polar surface area (TPSA) is 73.3 Å². The second-order valence-electron chi connectivity index (χ2n) is 10.2. The number of alkyl carbamates (subject to hydrolysis) is 1. The van der Waals surface area contributed by atoms with Gasteiger partial charge in [0.2, 0.25) is 0 Å². The van der Waals surface area contributed by atoms with Gasteiger partial charge in [-0.1, -0.05) is 39.3 Å². The molecule has 0 fully saturated rings. The molecule has 0 bridgehead atoms. The third-order valence-electron chi connectivity index (χ3n) is 4.63. The highest BCUT2D eigenvalue weighted by atomic mass is 35.5. The van der Waals surface area contributed by atoms with Gasteiger partial charge in [-0.25, -0.2) is 14.8 Å². The van der Waals surface area contributed by atoms with Crippen molar-refractivity contribution in [3.8, 4) is 17.0 Å². The summed E-state index contributed by atoms with van der Waals surface area (Å²) in [5.41, 5.74) is 0.521.